The van der Waals surface area contributed by atoms with Gasteiger partial charge in [-0.15, -0.1) is 0 Å². The number of β-amino-alcohol motifs (C(OH)–C–C–N with tert-alkyl or cyclic N) is 1. The Bertz CT molecular complexity index is 507. The van der Waals surface area contributed by atoms with E-state index in [-0.39, 0.29) is 12.0 Å². The van der Waals surface area contributed by atoms with Gasteiger partial charge in [-0.05, 0) is 49.9 Å². The number of aliphatic hydroxyl groups excluding tert-OH is 1. The average Bonchev–Trinajstić information content (AvgIpc) is 2.51. The highest BCUT2D eigenvalue weighted by Gasteiger charge is 2.25. The molecule has 0 aromatic heterocycles. The molecule has 2 unspecified atom stereocenters. The van der Waals surface area contributed by atoms with E-state index in [0.717, 1.165) is 25.1 Å². The Balaban J connectivity index is 1.56. The molecule has 5 heteroatoms. The summed E-state index contributed by atoms with van der Waals surface area (Å²) in [6, 6.07) is 7.95. The van der Waals surface area contributed by atoms with Crippen molar-refractivity contribution < 1.29 is 14.6 Å². The van der Waals surface area contributed by atoms with Crippen LogP contribution in [0.15, 0.2) is 24.3 Å². The predicted octanol–water partition coefficient (Wildman–Crippen LogP) is 1.58. The van der Waals surface area contributed by atoms with Gasteiger partial charge < -0.3 is 15.2 Å². The second-order valence-corrected chi connectivity index (χ2v) is 6.44. The Morgan fingerprint density at radius 1 is 1.48 bits per heavy atom. The van der Waals surface area contributed by atoms with Gasteiger partial charge in [0.15, 0.2) is 0 Å². The minimum atomic E-state index is -0.320. The molecule has 1 aromatic rings. The van der Waals surface area contributed by atoms with Gasteiger partial charge in [-0.2, -0.15) is 0 Å². The number of carbonyl (C=O) groups is 1. The molecule has 1 aliphatic heterocycles. The van der Waals surface area contributed by atoms with Crippen LogP contribution in [0, 0.1) is 12.8 Å². The van der Waals surface area contributed by atoms with Crippen LogP contribution in [0.3, 0.4) is 0 Å². The molecule has 128 valence electrons. The van der Waals surface area contributed by atoms with Gasteiger partial charge in [-0.1, -0.05) is 19.1 Å². The Labute approximate surface area is 138 Å². The summed E-state index contributed by atoms with van der Waals surface area (Å²) in [4.78, 5) is 13.9. The fourth-order valence-corrected chi connectivity index (χ4v) is 2.71. The van der Waals surface area contributed by atoms with E-state index in [1.165, 1.54) is 5.56 Å². The van der Waals surface area contributed by atoms with Gasteiger partial charge >= 0.3 is 0 Å². The van der Waals surface area contributed by atoms with E-state index >= 15 is 0 Å². The molecule has 2 atom stereocenters. The average molecular weight is 320 g/mol. The van der Waals surface area contributed by atoms with E-state index in [1.807, 2.05) is 36.1 Å². The summed E-state index contributed by atoms with van der Waals surface area (Å²) >= 11 is 0. The summed E-state index contributed by atoms with van der Waals surface area (Å²) in [5.74, 6) is 1.21. The van der Waals surface area contributed by atoms with Crippen LogP contribution in [0.2, 0.25) is 0 Å². The van der Waals surface area contributed by atoms with Crippen LogP contribution in [-0.4, -0.2) is 54.8 Å². The number of benzene rings is 1. The Morgan fingerprint density at radius 2 is 2.30 bits per heavy atom. The van der Waals surface area contributed by atoms with E-state index in [1.54, 1.807) is 0 Å². The van der Waals surface area contributed by atoms with Gasteiger partial charge in [0.25, 0.3) is 0 Å². The smallest absolute Gasteiger partial charge is 0.234 e. The number of nitrogens with zero attached hydrogens (tertiary/aromatic N) is 1. The zero-order chi connectivity index (χ0) is 16.7. The summed E-state index contributed by atoms with van der Waals surface area (Å²) in [5, 5.41) is 12.8. The maximum Gasteiger partial charge on any atom is 0.234 e. The summed E-state index contributed by atoms with van der Waals surface area (Å²) < 4.78 is 5.65. The second kappa shape index (κ2) is 8.89. The van der Waals surface area contributed by atoms with Crippen LogP contribution >= 0.6 is 0 Å². The minimum absolute atomic E-state index is 0.0160. The van der Waals surface area contributed by atoms with E-state index in [2.05, 4.69) is 12.2 Å². The lowest BCUT2D eigenvalue weighted by molar-refractivity contribution is -0.123. The van der Waals surface area contributed by atoms with Gasteiger partial charge in [-0.3, -0.25) is 9.69 Å². The highest BCUT2D eigenvalue weighted by atomic mass is 16.5. The lowest BCUT2D eigenvalue weighted by Gasteiger charge is -2.33. The first kappa shape index (κ1) is 17.8. The lowest BCUT2D eigenvalue weighted by Crippen LogP contribution is -2.47. The quantitative estimate of drug-likeness (QED) is 0.749. The molecular formula is C18H28N2O3. The van der Waals surface area contributed by atoms with Crippen molar-refractivity contribution in [1.29, 1.82) is 0 Å². The molecular weight excluding hydrogens is 292 g/mol. The molecule has 0 spiro atoms. The van der Waals surface area contributed by atoms with Crippen molar-refractivity contribution in [2.24, 2.45) is 5.92 Å². The van der Waals surface area contributed by atoms with Crippen molar-refractivity contribution in [2.45, 2.75) is 32.8 Å². The molecule has 1 fully saturated rings. The van der Waals surface area contributed by atoms with E-state index in [4.69, 9.17) is 4.74 Å². The molecule has 0 radical (unpaired) electrons. The normalized spacial score (nSPS) is 21.9. The summed E-state index contributed by atoms with van der Waals surface area (Å²) in [7, 11) is 0. The van der Waals surface area contributed by atoms with Crippen molar-refractivity contribution in [2.75, 3.05) is 32.8 Å². The number of amides is 1. The molecule has 0 saturated carbocycles. The van der Waals surface area contributed by atoms with Gasteiger partial charge in [0.05, 0.1) is 19.3 Å². The minimum Gasteiger partial charge on any atom is -0.494 e. The molecule has 2 rings (SSSR count). The monoisotopic (exact) mass is 320 g/mol. The molecule has 1 aliphatic rings. The standard InChI is InChI=1S/C18H28N2O3/c1-14-5-3-6-16(11-14)23-10-4-8-19-18(22)13-20-9-7-15(2)17(21)12-20/h3,5-6,11,15,17,21H,4,7-10,12-13H2,1-2H3,(H,19,22). The van der Waals surface area contributed by atoms with Crippen LogP contribution in [0.25, 0.3) is 0 Å². The van der Waals surface area contributed by atoms with Crippen molar-refractivity contribution >= 4 is 5.91 Å². The van der Waals surface area contributed by atoms with Crippen molar-refractivity contribution in [3.8, 4) is 5.75 Å². The maximum absolute atomic E-state index is 11.9. The maximum atomic E-state index is 11.9. The van der Waals surface area contributed by atoms with Gasteiger partial charge in [0.1, 0.15) is 5.75 Å². The van der Waals surface area contributed by atoms with Gasteiger partial charge in [0, 0.05) is 13.1 Å². The zero-order valence-corrected chi connectivity index (χ0v) is 14.1. The zero-order valence-electron chi connectivity index (χ0n) is 14.1. The lowest BCUT2D eigenvalue weighted by atomic mass is 9.96. The number of hydrogen-bond donors (Lipinski definition) is 2. The third-order valence-corrected chi connectivity index (χ3v) is 4.27. The first-order valence-corrected chi connectivity index (χ1v) is 8.41. The molecule has 1 aromatic carbocycles. The van der Waals surface area contributed by atoms with Crippen LogP contribution in [0.1, 0.15) is 25.3 Å². The largest absolute Gasteiger partial charge is 0.494 e. The number of nitrogens with one attached hydrogen (secondary N) is 1. The first-order chi connectivity index (χ1) is 11.0. The topological polar surface area (TPSA) is 61.8 Å². The van der Waals surface area contributed by atoms with Crippen LogP contribution in [0.4, 0.5) is 0 Å². The summed E-state index contributed by atoms with van der Waals surface area (Å²) in [6.45, 7) is 7.11. The third kappa shape index (κ3) is 6.20. The number of hydrogen-bond acceptors (Lipinski definition) is 4. The molecule has 1 heterocycles. The Kier molecular flexibility index (Phi) is 6.86. The summed E-state index contributed by atoms with van der Waals surface area (Å²) in [6.07, 6.45) is 1.40. The molecule has 1 saturated heterocycles. The van der Waals surface area contributed by atoms with Crippen molar-refractivity contribution in [3.05, 3.63) is 29.8 Å². The van der Waals surface area contributed by atoms with Crippen molar-refractivity contribution in [3.63, 3.8) is 0 Å². The van der Waals surface area contributed by atoms with Gasteiger partial charge in [0.2, 0.25) is 5.91 Å². The SMILES string of the molecule is Cc1cccc(OCCCNC(=O)CN2CCC(C)C(O)C2)c1. The van der Waals surface area contributed by atoms with E-state index in [0.29, 0.717) is 32.2 Å². The number of rotatable bonds is 7. The number of carbonyl (C=O) groups excluding carboxylic acids is 1. The molecule has 5 nitrogen and oxygen atoms in total. The number of ether oxygens (including phenoxy) is 1. The number of piperidine rings is 1. The Hall–Kier alpha value is -1.59. The molecule has 2 N–H and O–H groups in total. The van der Waals surface area contributed by atoms with Crippen molar-refractivity contribution in [1.82, 2.24) is 10.2 Å². The number of aryl methyl sites for hydroxylation is 1. The predicted molar refractivity (Wildman–Crippen MR) is 90.5 cm³/mol. The highest BCUT2D eigenvalue weighted by molar-refractivity contribution is 5.77. The molecule has 0 aliphatic carbocycles. The number of aliphatic hydroxyl groups is 1. The van der Waals surface area contributed by atoms with Gasteiger partial charge in [-0.25, -0.2) is 0 Å². The molecule has 0 bridgehead atoms. The fourth-order valence-electron chi connectivity index (χ4n) is 2.71. The third-order valence-electron chi connectivity index (χ3n) is 4.27. The van der Waals surface area contributed by atoms with Crippen LogP contribution < -0.4 is 10.1 Å². The second-order valence-electron chi connectivity index (χ2n) is 6.44. The summed E-state index contributed by atoms with van der Waals surface area (Å²) in [5.41, 5.74) is 1.17. The molecule has 23 heavy (non-hydrogen) atoms. The van der Waals surface area contributed by atoms with Crippen LogP contribution in [-0.2, 0) is 4.79 Å². The van der Waals surface area contributed by atoms with Crippen LogP contribution in [0.5, 0.6) is 5.75 Å². The Morgan fingerprint density at radius 3 is 3.04 bits per heavy atom. The van der Waals surface area contributed by atoms with E-state index < -0.39 is 0 Å². The van der Waals surface area contributed by atoms with E-state index in [9.17, 15) is 9.90 Å². The number of likely N-dealkylation sites (tertiary alicyclic amines) is 1. The first-order valence-electron chi connectivity index (χ1n) is 8.41. The molecule has 1 amide bonds. The fraction of sp³-hybridized carbons (Fsp3) is 0.611. The highest BCUT2D eigenvalue weighted by Crippen LogP contribution is 2.16.